The van der Waals surface area contributed by atoms with Crippen molar-refractivity contribution in [3.05, 3.63) is 29.8 Å². The van der Waals surface area contributed by atoms with Crippen LogP contribution >= 0.6 is 11.8 Å². The normalized spacial score (nSPS) is 10.4. The molecule has 1 aromatic rings. The van der Waals surface area contributed by atoms with Crippen LogP contribution in [0.1, 0.15) is 55.8 Å². The summed E-state index contributed by atoms with van der Waals surface area (Å²) in [6.45, 7) is 3.01. The van der Waals surface area contributed by atoms with Crippen molar-refractivity contribution in [2.75, 3.05) is 12.8 Å². The minimum absolute atomic E-state index is 0.0542. The first-order chi connectivity index (χ1) is 9.29. The van der Waals surface area contributed by atoms with E-state index in [0.717, 1.165) is 23.4 Å². The first-order valence-corrected chi connectivity index (χ1v) is 8.43. The molecular formula is C16H25NOS. The van der Waals surface area contributed by atoms with Crippen molar-refractivity contribution in [3.8, 4) is 0 Å². The van der Waals surface area contributed by atoms with Crippen LogP contribution in [-0.2, 0) is 0 Å². The smallest absolute Gasteiger partial charge is 0.252 e. The lowest BCUT2D eigenvalue weighted by Gasteiger charge is -2.08. The summed E-state index contributed by atoms with van der Waals surface area (Å²) in [6.07, 6.45) is 9.50. The van der Waals surface area contributed by atoms with E-state index in [9.17, 15) is 4.79 Å². The number of thioether (sulfide) groups is 1. The summed E-state index contributed by atoms with van der Waals surface area (Å²) < 4.78 is 0. The van der Waals surface area contributed by atoms with E-state index in [1.807, 2.05) is 30.5 Å². The molecule has 0 unspecified atom stereocenters. The van der Waals surface area contributed by atoms with Gasteiger partial charge in [-0.1, -0.05) is 51.2 Å². The number of amides is 1. The first kappa shape index (κ1) is 16.1. The lowest BCUT2D eigenvalue weighted by Crippen LogP contribution is -2.24. The second-order valence-corrected chi connectivity index (χ2v) is 5.57. The van der Waals surface area contributed by atoms with Gasteiger partial charge in [0.05, 0.1) is 5.56 Å². The van der Waals surface area contributed by atoms with Crippen LogP contribution < -0.4 is 5.32 Å². The number of benzene rings is 1. The van der Waals surface area contributed by atoms with Crippen molar-refractivity contribution in [1.82, 2.24) is 5.32 Å². The van der Waals surface area contributed by atoms with Gasteiger partial charge in [-0.2, -0.15) is 0 Å². The Morgan fingerprint density at radius 1 is 1.11 bits per heavy atom. The van der Waals surface area contributed by atoms with Gasteiger partial charge in [-0.15, -0.1) is 11.8 Å². The molecule has 106 valence electrons. The standard InChI is InChI=1S/C16H25NOS/c1-3-4-5-6-7-10-13-17-16(18)14-11-8-9-12-15(14)19-2/h8-9,11-12H,3-7,10,13H2,1-2H3,(H,17,18). The van der Waals surface area contributed by atoms with Gasteiger partial charge in [-0.25, -0.2) is 0 Å². The van der Waals surface area contributed by atoms with Crippen LogP contribution in [0.15, 0.2) is 29.2 Å². The molecule has 0 aliphatic heterocycles. The lowest BCUT2D eigenvalue weighted by molar-refractivity contribution is 0.0950. The van der Waals surface area contributed by atoms with E-state index in [1.165, 1.54) is 32.1 Å². The molecule has 1 aromatic carbocycles. The van der Waals surface area contributed by atoms with Gasteiger partial charge in [0.25, 0.3) is 5.91 Å². The second kappa shape index (κ2) is 9.90. The topological polar surface area (TPSA) is 29.1 Å². The molecule has 1 amide bonds. The molecule has 0 aliphatic carbocycles. The number of unbranched alkanes of at least 4 members (excludes halogenated alkanes) is 5. The highest BCUT2D eigenvalue weighted by Gasteiger charge is 2.08. The molecule has 3 heteroatoms. The van der Waals surface area contributed by atoms with E-state index in [0.29, 0.717) is 0 Å². The summed E-state index contributed by atoms with van der Waals surface area (Å²) in [4.78, 5) is 13.1. The number of hydrogen-bond donors (Lipinski definition) is 1. The summed E-state index contributed by atoms with van der Waals surface area (Å²) in [7, 11) is 0. The van der Waals surface area contributed by atoms with Gasteiger partial charge in [-0.05, 0) is 24.8 Å². The van der Waals surface area contributed by atoms with E-state index >= 15 is 0 Å². The molecule has 1 rings (SSSR count). The summed E-state index contributed by atoms with van der Waals surface area (Å²) in [5.74, 6) is 0.0542. The van der Waals surface area contributed by atoms with Crippen LogP contribution in [0.3, 0.4) is 0 Å². The van der Waals surface area contributed by atoms with Gasteiger partial charge < -0.3 is 5.32 Å². The molecular weight excluding hydrogens is 254 g/mol. The van der Waals surface area contributed by atoms with Crippen LogP contribution in [0.4, 0.5) is 0 Å². The fraction of sp³-hybridized carbons (Fsp3) is 0.562. The molecule has 0 saturated heterocycles. The fourth-order valence-electron chi connectivity index (χ4n) is 2.03. The number of nitrogens with one attached hydrogen (secondary N) is 1. The third-order valence-corrected chi connectivity index (χ3v) is 3.96. The number of carbonyl (C=O) groups is 1. The molecule has 0 saturated carbocycles. The van der Waals surface area contributed by atoms with Gasteiger partial charge in [-0.3, -0.25) is 4.79 Å². The zero-order valence-corrected chi connectivity index (χ0v) is 12.9. The third kappa shape index (κ3) is 6.15. The van der Waals surface area contributed by atoms with Crippen LogP contribution in [0.2, 0.25) is 0 Å². The molecule has 0 fully saturated rings. The van der Waals surface area contributed by atoms with E-state index < -0.39 is 0 Å². The summed E-state index contributed by atoms with van der Waals surface area (Å²) in [6, 6.07) is 7.77. The molecule has 0 aliphatic rings. The van der Waals surface area contributed by atoms with Gasteiger partial charge in [0.2, 0.25) is 0 Å². The number of rotatable bonds is 9. The Hall–Kier alpha value is -0.960. The summed E-state index contributed by atoms with van der Waals surface area (Å²) in [5, 5.41) is 3.01. The zero-order chi connectivity index (χ0) is 13.9. The Kier molecular flexibility index (Phi) is 8.39. The van der Waals surface area contributed by atoms with Gasteiger partial charge >= 0.3 is 0 Å². The van der Waals surface area contributed by atoms with Crippen molar-refractivity contribution >= 4 is 17.7 Å². The number of carbonyl (C=O) groups excluding carboxylic acids is 1. The highest BCUT2D eigenvalue weighted by atomic mass is 32.2. The molecule has 0 atom stereocenters. The molecule has 0 radical (unpaired) electrons. The minimum atomic E-state index is 0.0542. The maximum absolute atomic E-state index is 12.0. The molecule has 0 bridgehead atoms. The maximum Gasteiger partial charge on any atom is 0.252 e. The highest BCUT2D eigenvalue weighted by molar-refractivity contribution is 7.98. The van der Waals surface area contributed by atoms with Crippen molar-refractivity contribution in [3.63, 3.8) is 0 Å². The minimum Gasteiger partial charge on any atom is -0.352 e. The summed E-state index contributed by atoms with van der Waals surface area (Å²) in [5.41, 5.74) is 0.793. The SMILES string of the molecule is CCCCCCCCNC(=O)c1ccccc1SC. The Balaban J connectivity index is 2.24. The van der Waals surface area contributed by atoms with Crippen molar-refractivity contribution in [2.45, 2.75) is 50.3 Å². The average Bonchev–Trinajstić information content (AvgIpc) is 2.46. The Morgan fingerprint density at radius 2 is 1.79 bits per heavy atom. The Morgan fingerprint density at radius 3 is 2.53 bits per heavy atom. The van der Waals surface area contributed by atoms with E-state index in [2.05, 4.69) is 12.2 Å². The van der Waals surface area contributed by atoms with Crippen LogP contribution in [0.25, 0.3) is 0 Å². The number of hydrogen-bond acceptors (Lipinski definition) is 2. The monoisotopic (exact) mass is 279 g/mol. The van der Waals surface area contributed by atoms with Crippen molar-refractivity contribution in [1.29, 1.82) is 0 Å². The summed E-state index contributed by atoms with van der Waals surface area (Å²) >= 11 is 1.62. The Labute approximate surface area is 121 Å². The third-order valence-electron chi connectivity index (χ3n) is 3.17. The molecule has 2 nitrogen and oxygen atoms in total. The lowest BCUT2D eigenvalue weighted by atomic mass is 10.1. The van der Waals surface area contributed by atoms with E-state index in [1.54, 1.807) is 11.8 Å². The predicted molar refractivity (Wildman–Crippen MR) is 83.9 cm³/mol. The molecule has 0 heterocycles. The molecule has 0 aromatic heterocycles. The van der Waals surface area contributed by atoms with Gasteiger partial charge in [0.15, 0.2) is 0 Å². The zero-order valence-electron chi connectivity index (χ0n) is 12.1. The molecule has 0 spiro atoms. The maximum atomic E-state index is 12.0. The molecule has 19 heavy (non-hydrogen) atoms. The first-order valence-electron chi connectivity index (χ1n) is 7.20. The van der Waals surface area contributed by atoms with Gasteiger partial charge in [0.1, 0.15) is 0 Å². The van der Waals surface area contributed by atoms with E-state index in [-0.39, 0.29) is 5.91 Å². The van der Waals surface area contributed by atoms with Crippen LogP contribution in [0, 0.1) is 0 Å². The van der Waals surface area contributed by atoms with Crippen molar-refractivity contribution in [2.24, 2.45) is 0 Å². The highest BCUT2D eigenvalue weighted by Crippen LogP contribution is 2.19. The second-order valence-electron chi connectivity index (χ2n) is 4.72. The average molecular weight is 279 g/mol. The van der Waals surface area contributed by atoms with Crippen molar-refractivity contribution < 1.29 is 4.79 Å². The van der Waals surface area contributed by atoms with Crippen LogP contribution in [0.5, 0.6) is 0 Å². The quantitative estimate of drug-likeness (QED) is 0.532. The van der Waals surface area contributed by atoms with Crippen LogP contribution in [-0.4, -0.2) is 18.7 Å². The molecule has 1 N–H and O–H groups in total. The fourth-order valence-corrected chi connectivity index (χ4v) is 2.63. The predicted octanol–water partition coefficient (Wildman–Crippen LogP) is 4.50. The van der Waals surface area contributed by atoms with Gasteiger partial charge in [0, 0.05) is 11.4 Å². The van der Waals surface area contributed by atoms with E-state index in [4.69, 9.17) is 0 Å². The Bertz CT molecular complexity index is 379. The largest absolute Gasteiger partial charge is 0.352 e.